The highest BCUT2D eigenvalue weighted by atomic mass is 32.1. The van der Waals surface area contributed by atoms with Crippen LogP contribution in [0.5, 0.6) is 0 Å². The number of aryl methyl sites for hydroxylation is 1. The number of nitrogens with zero attached hydrogens (tertiary/aromatic N) is 10. The van der Waals surface area contributed by atoms with Crippen LogP contribution in [0, 0.1) is 18.3 Å². The molecule has 20 heteroatoms. The van der Waals surface area contributed by atoms with Crippen molar-refractivity contribution in [2.75, 3.05) is 56.0 Å². The Bertz CT molecular complexity index is 3190. The summed E-state index contributed by atoms with van der Waals surface area (Å²) in [5.41, 5.74) is 5.49. The predicted molar refractivity (Wildman–Crippen MR) is 303 cm³/mol. The van der Waals surface area contributed by atoms with Gasteiger partial charge in [-0.05, 0) is 112 Å². The summed E-state index contributed by atoms with van der Waals surface area (Å²) in [4.78, 5) is 83.8. The third-order valence-corrected chi connectivity index (χ3v) is 17.1. The van der Waals surface area contributed by atoms with E-state index in [-0.39, 0.29) is 55.3 Å². The third-order valence-electron chi connectivity index (χ3n) is 16.1. The summed E-state index contributed by atoms with van der Waals surface area (Å²) in [6, 6.07) is 20.8. The molecule has 0 bridgehead atoms. The number of amides is 3. The Kier molecular flexibility index (Phi) is 15.7. The average molecular weight is 1080 g/mol. The highest BCUT2D eigenvalue weighted by molar-refractivity contribution is 7.13. The van der Waals surface area contributed by atoms with Crippen LogP contribution in [0.1, 0.15) is 83.7 Å². The van der Waals surface area contributed by atoms with E-state index in [4.69, 9.17) is 4.98 Å². The monoisotopic (exact) mass is 1080 g/mol. The number of likely N-dealkylation sites (tertiary alicyclic amines) is 2. The van der Waals surface area contributed by atoms with E-state index in [0.29, 0.717) is 40.6 Å². The van der Waals surface area contributed by atoms with Gasteiger partial charge in [-0.1, -0.05) is 57.2 Å². The number of β-amino-alcohol motifs (C(OH)–C–C–N with tert-alkyl or cyclic N) is 1. The van der Waals surface area contributed by atoms with Gasteiger partial charge in [0.15, 0.2) is 11.5 Å². The zero-order chi connectivity index (χ0) is 55.0. The third kappa shape index (κ3) is 11.6. The van der Waals surface area contributed by atoms with Crippen molar-refractivity contribution in [2.45, 2.75) is 123 Å². The Morgan fingerprint density at radius 2 is 1.55 bits per heavy atom. The zero-order valence-corrected chi connectivity index (χ0v) is 46.4. The van der Waals surface area contributed by atoms with Crippen LogP contribution < -0.4 is 26.4 Å². The number of nitrogens with one attached hydrogen (secondary N) is 3. The number of aliphatic hydroxyl groups is 2. The van der Waals surface area contributed by atoms with Crippen molar-refractivity contribution in [1.29, 1.82) is 0 Å². The molecule has 78 heavy (non-hydrogen) atoms. The van der Waals surface area contributed by atoms with Gasteiger partial charge in [-0.2, -0.15) is 4.98 Å². The number of anilines is 3. The first-order valence-electron chi connectivity index (χ1n) is 27.3. The molecule has 2 aromatic carbocycles. The van der Waals surface area contributed by atoms with Gasteiger partial charge in [0.1, 0.15) is 23.1 Å². The number of fused-ring (bicyclic) bond motifs is 1. The molecule has 19 nitrogen and oxygen atoms in total. The molecule has 3 saturated heterocycles. The number of hydrogen-bond acceptors (Lipinski definition) is 15. The molecule has 0 spiro atoms. The van der Waals surface area contributed by atoms with E-state index in [1.165, 1.54) is 15.8 Å². The van der Waals surface area contributed by atoms with Gasteiger partial charge in [0.25, 0.3) is 5.56 Å². The second-order valence-corrected chi connectivity index (χ2v) is 23.9. The summed E-state index contributed by atoms with van der Waals surface area (Å²) in [7, 11) is 0. The molecule has 1 saturated carbocycles. The van der Waals surface area contributed by atoms with Crippen molar-refractivity contribution >= 4 is 57.4 Å². The van der Waals surface area contributed by atoms with Gasteiger partial charge in [0.2, 0.25) is 23.7 Å². The van der Waals surface area contributed by atoms with Crippen LogP contribution in [0.25, 0.3) is 27.3 Å². The molecule has 0 unspecified atom stereocenters. The zero-order valence-electron chi connectivity index (χ0n) is 45.6. The molecule has 4 aromatic heterocycles. The van der Waals surface area contributed by atoms with Crippen LogP contribution >= 0.6 is 11.3 Å². The summed E-state index contributed by atoms with van der Waals surface area (Å²) >= 11 is 1.59. The number of carbonyl (C=O) groups excluding carboxylic acids is 3. The SMILES string of the molecule is C=CCn1c(=O)c2cnc(Nc3ccc(N4CCN(C5CC(N6CCC(C(=O)N[C@H](C(=O)N7C[C@H](O)C[C@H]7C(=O)NCc7ccc(-c8scnc8C)cc7)C(C)(C)C)CC6)C5)CC4)cc3)nc2n1-c1cccc(C(C)(C)O)n1. The van der Waals surface area contributed by atoms with E-state index < -0.39 is 29.2 Å². The number of allylic oxidation sites excluding steroid dienone is 1. The maximum absolute atomic E-state index is 14.3. The fraction of sp³-hybridized carbons (Fsp3) is 0.483. The van der Waals surface area contributed by atoms with E-state index in [2.05, 4.69) is 64.3 Å². The number of rotatable bonds is 16. The van der Waals surface area contributed by atoms with E-state index in [9.17, 15) is 29.4 Å². The fourth-order valence-electron chi connectivity index (χ4n) is 11.4. The van der Waals surface area contributed by atoms with Crippen molar-refractivity contribution in [3.8, 4) is 16.3 Å². The van der Waals surface area contributed by atoms with E-state index in [1.54, 1.807) is 54.1 Å². The molecule has 4 fully saturated rings. The van der Waals surface area contributed by atoms with Crippen molar-refractivity contribution in [2.24, 2.45) is 11.3 Å². The van der Waals surface area contributed by atoms with Gasteiger partial charge >= 0.3 is 0 Å². The first kappa shape index (κ1) is 54.5. The molecule has 412 valence electrons. The molecular formula is C58H73N13O6S. The second kappa shape index (κ2) is 22.5. The van der Waals surface area contributed by atoms with E-state index >= 15 is 0 Å². The number of hydrogen-bond donors (Lipinski definition) is 5. The first-order chi connectivity index (χ1) is 37.3. The topological polar surface area (TPSA) is 219 Å². The van der Waals surface area contributed by atoms with Crippen LogP contribution in [-0.2, 0) is 33.1 Å². The highest BCUT2D eigenvalue weighted by Gasteiger charge is 2.46. The van der Waals surface area contributed by atoms with E-state index in [0.717, 1.165) is 98.0 Å². The molecule has 10 rings (SSSR count). The van der Waals surface area contributed by atoms with Gasteiger partial charge in [0, 0.05) is 81.3 Å². The summed E-state index contributed by atoms with van der Waals surface area (Å²) in [6.07, 6.45) is 6.12. The van der Waals surface area contributed by atoms with Crippen LogP contribution in [0.2, 0.25) is 0 Å². The van der Waals surface area contributed by atoms with Gasteiger partial charge in [-0.15, -0.1) is 17.9 Å². The molecule has 7 heterocycles. The Hall–Kier alpha value is -6.84. The highest BCUT2D eigenvalue weighted by Crippen LogP contribution is 2.35. The number of carbonyl (C=O) groups is 3. The Labute approximate surface area is 459 Å². The summed E-state index contributed by atoms with van der Waals surface area (Å²) in [5, 5.41) is 31.2. The van der Waals surface area contributed by atoms with Crippen molar-refractivity contribution in [3.05, 3.63) is 118 Å². The second-order valence-electron chi connectivity index (χ2n) is 23.0. The van der Waals surface area contributed by atoms with Crippen molar-refractivity contribution in [1.82, 2.24) is 54.6 Å². The lowest BCUT2D eigenvalue weighted by Gasteiger charge is -2.51. The first-order valence-corrected chi connectivity index (χ1v) is 28.2. The molecule has 1 aliphatic carbocycles. The number of pyridine rings is 1. The van der Waals surface area contributed by atoms with E-state index in [1.807, 2.05) is 69.6 Å². The lowest BCUT2D eigenvalue weighted by Crippen LogP contribution is -2.60. The molecule has 6 aromatic rings. The van der Waals surface area contributed by atoms with Gasteiger partial charge in [0.05, 0.1) is 34.4 Å². The normalized spacial score (nSPS) is 21.1. The van der Waals surface area contributed by atoms with Crippen molar-refractivity contribution < 1.29 is 24.6 Å². The smallest absolute Gasteiger partial charge is 0.278 e. The number of aromatic nitrogens is 6. The number of benzene rings is 2. The van der Waals surface area contributed by atoms with Crippen LogP contribution in [0.4, 0.5) is 17.3 Å². The maximum atomic E-state index is 14.3. The molecule has 3 aliphatic heterocycles. The molecule has 4 aliphatic rings. The minimum Gasteiger partial charge on any atom is -0.391 e. The average Bonchev–Trinajstić information content (AvgIpc) is 4.24. The summed E-state index contributed by atoms with van der Waals surface area (Å²) < 4.78 is 3.15. The molecular weight excluding hydrogens is 1010 g/mol. The summed E-state index contributed by atoms with van der Waals surface area (Å²) in [5.74, 6) is -0.246. The number of piperazine rings is 1. The minimum atomic E-state index is -1.18. The largest absolute Gasteiger partial charge is 0.391 e. The summed E-state index contributed by atoms with van der Waals surface area (Å²) in [6.45, 7) is 20.9. The molecule has 3 atom stereocenters. The molecule has 0 radical (unpaired) electrons. The van der Waals surface area contributed by atoms with Gasteiger partial charge in [-0.25, -0.2) is 24.3 Å². The quantitative estimate of drug-likeness (QED) is 0.0731. The lowest BCUT2D eigenvalue weighted by atomic mass is 9.81. The maximum Gasteiger partial charge on any atom is 0.278 e. The molecule has 3 amide bonds. The minimum absolute atomic E-state index is 0.0326. The number of aliphatic hydroxyl groups excluding tert-OH is 1. The Balaban J connectivity index is 0.673. The number of thiazole rings is 1. The Morgan fingerprint density at radius 1 is 0.859 bits per heavy atom. The van der Waals surface area contributed by atoms with Crippen LogP contribution in [0.15, 0.2) is 95.9 Å². The lowest BCUT2D eigenvalue weighted by molar-refractivity contribution is -0.144. The Morgan fingerprint density at radius 3 is 2.19 bits per heavy atom. The number of piperidine rings is 1. The molecule has 5 N–H and O–H groups in total. The fourth-order valence-corrected chi connectivity index (χ4v) is 12.3. The van der Waals surface area contributed by atoms with Gasteiger partial charge in [-0.3, -0.25) is 24.1 Å². The van der Waals surface area contributed by atoms with Crippen molar-refractivity contribution in [3.63, 3.8) is 0 Å². The predicted octanol–water partition coefficient (Wildman–Crippen LogP) is 5.74. The van der Waals surface area contributed by atoms with Gasteiger partial charge < -0.3 is 40.9 Å². The van der Waals surface area contributed by atoms with Crippen LogP contribution in [0.3, 0.4) is 0 Å². The van der Waals surface area contributed by atoms with Crippen LogP contribution in [-0.4, -0.2) is 148 Å². The standard InChI is InChI=1S/C58H73N13O6S/c1-8-22-70-54(75)45-33-60-56(65-51(45)71(70)48-11-9-10-47(63-48)58(6,7)77)62-40-16-18-41(19-17-40)67-25-27-68(28-26-67)43-29-42(30-43)66-23-20-39(21-24-66)52(73)64-50(57(3,4)5)55(76)69-34-44(72)31-46(69)53(74)59-32-37-12-14-38(15-13-37)49-36(2)61-35-78-49/h8-19,33,35,39,42-44,46,50,72,77H,1,20-32,34H2,2-7H3,(H,59,74)(H,64,73)(H,60,62,65)/t42?,43?,44-,46+,50-/m1/s1.